The number of H-pyrrole nitrogens is 1. The molecule has 0 bridgehead atoms. The number of aryl methyl sites for hydroxylation is 1. The van der Waals surface area contributed by atoms with Gasteiger partial charge in [-0.2, -0.15) is 0 Å². The lowest BCUT2D eigenvalue weighted by atomic mass is 10.0. The largest absolute Gasteiger partial charge is 0.299 e. The average Bonchev–Trinajstić information content (AvgIpc) is 2.51. The van der Waals surface area contributed by atoms with Gasteiger partial charge in [0.15, 0.2) is 0 Å². The third-order valence-corrected chi connectivity index (χ3v) is 3.03. The van der Waals surface area contributed by atoms with Gasteiger partial charge in [0.1, 0.15) is 0 Å². The highest BCUT2D eigenvalue weighted by Gasteiger charge is 2.23. The van der Waals surface area contributed by atoms with Crippen LogP contribution in [0, 0.1) is 0 Å². The summed E-state index contributed by atoms with van der Waals surface area (Å²) in [6.07, 6.45) is 3.26. The van der Waals surface area contributed by atoms with Crippen molar-refractivity contribution in [2.24, 2.45) is 0 Å². The quantitative estimate of drug-likeness (QED) is 0.857. The van der Waals surface area contributed by atoms with E-state index in [1.54, 1.807) is 4.68 Å². The van der Waals surface area contributed by atoms with Crippen LogP contribution in [0.25, 0.3) is 0 Å². The molecular formula is C14H26N2O. The molecule has 0 unspecified atom stereocenters. The van der Waals surface area contributed by atoms with Gasteiger partial charge in [0.05, 0.1) is 5.54 Å². The van der Waals surface area contributed by atoms with Crippen LogP contribution < -0.4 is 5.56 Å². The molecule has 17 heavy (non-hydrogen) atoms. The highest BCUT2D eigenvalue weighted by Crippen LogP contribution is 2.19. The first-order valence-corrected chi connectivity index (χ1v) is 6.63. The molecule has 3 nitrogen and oxygen atoms in total. The fourth-order valence-electron chi connectivity index (χ4n) is 2.11. The number of hydrogen-bond donors (Lipinski definition) is 1. The molecule has 0 atom stereocenters. The smallest absolute Gasteiger partial charge is 0.270 e. The van der Waals surface area contributed by atoms with E-state index >= 15 is 0 Å². The topological polar surface area (TPSA) is 37.8 Å². The Kier molecular flexibility index (Phi) is 4.23. The van der Waals surface area contributed by atoms with Gasteiger partial charge in [-0.3, -0.25) is 9.89 Å². The fourth-order valence-corrected chi connectivity index (χ4v) is 2.11. The number of hydrogen-bond acceptors (Lipinski definition) is 1. The second-order valence-corrected chi connectivity index (χ2v) is 6.07. The van der Waals surface area contributed by atoms with E-state index in [0.717, 1.165) is 30.5 Å². The Balaban J connectivity index is 3.25. The molecular weight excluding hydrogens is 212 g/mol. The molecule has 1 rings (SSSR count). The zero-order chi connectivity index (χ0) is 13.2. The second kappa shape index (κ2) is 5.11. The summed E-state index contributed by atoms with van der Waals surface area (Å²) in [5, 5.41) is 3.31. The number of nitrogens with zero attached hydrogens (tertiary/aromatic N) is 1. The minimum Gasteiger partial charge on any atom is -0.299 e. The van der Waals surface area contributed by atoms with Gasteiger partial charge in [0, 0.05) is 11.3 Å². The van der Waals surface area contributed by atoms with Crippen LogP contribution in [0.1, 0.15) is 71.6 Å². The van der Waals surface area contributed by atoms with Crippen molar-refractivity contribution in [3.05, 3.63) is 21.6 Å². The number of nitrogens with one attached hydrogen (secondary N) is 1. The Hall–Kier alpha value is -0.990. The SMILES string of the molecule is CCCCc1[nH]n(C(C)(C)C)c(=O)c1C(C)C. The number of aromatic amines is 1. The first kappa shape index (κ1) is 14.1. The summed E-state index contributed by atoms with van der Waals surface area (Å²) in [5.41, 5.74) is 2.07. The van der Waals surface area contributed by atoms with Gasteiger partial charge in [-0.15, -0.1) is 0 Å². The van der Waals surface area contributed by atoms with Crippen molar-refractivity contribution in [1.82, 2.24) is 9.78 Å². The maximum Gasteiger partial charge on any atom is 0.270 e. The second-order valence-electron chi connectivity index (χ2n) is 6.07. The van der Waals surface area contributed by atoms with Crippen LogP contribution in [0.2, 0.25) is 0 Å². The summed E-state index contributed by atoms with van der Waals surface area (Å²) >= 11 is 0. The first-order valence-electron chi connectivity index (χ1n) is 6.63. The highest BCUT2D eigenvalue weighted by atomic mass is 16.1. The fraction of sp³-hybridized carbons (Fsp3) is 0.786. The Labute approximate surface area is 104 Å². The molecule has 0 spiro atoms. The maximum absolute atomic E-state index is 12.4. The van der Waals surface area contributed by atoms with Gasteiger partial charge in [0.2, 0.25) is 0 Å². The lowest BCUT2D eigenvalue weighted by Gasteiger charge is -2.19. The standard InChI is InChI=1S/C14H26N2O/c1-7-8-9-11-12(10(2)3)13(17)16(15-11)14(4,5)6/h10,15H,7-9H2,1-6H3. The van der Waals surface area contributed by atoms with Crippen LogP contribution in [0.3, 0.4) is 0 Å². The molecule has 0 saturated heterocycles. The van der Waals surface area contributed by atoms with Crippen molar-refractivity contribution in [1.29, 1.82) is 0 Å². The summed E-state index contributed by atoms with van der Waals surface area (Å²) in [4.78, 5) is 12.4. The molecule has 98 valence electrons. The first-order chi connectivity index (χ1) is 7.79. The molecule has 0 fully saturated rings. The van der Waals surface area contributed by atoms with E-state index in [9.17, 15) is 4.79 Å². The van der Waals surface area contributed by atoms with E-state index in [4.69, 9.17) is 0 Å². The summed E-state index contributed by atoms with van der Waals surface area (Å²) in [7, 11) is 0. The van der Waals surface area contributed by atoms with Crippen molar-refractivity contribution in [3.63, 3.8) is 0 Å². The molecule has 0 radical (unpaired) electrons. The third kappa shape index (κ3) is 3.02. The van der Waals surface area contributed by atoms with Gasteiger partial charge < -0.3 is 0 Å². The average molecular weight is 238 g/mol. The Morgan fingerprint density at radius 3 is 2.29 bits per heavy atom. The van der Waals surface area contributed by atoms with E-state index in [1.165, 1.54) is 0 Å². The molecule has 0 aromatic carbocycles. The minimum atomic E-state index is -0.175. The van der Waals surface area contributed by atoms with Gasteiger partial charge in [0.25, 0.3) is 5.56 Å². The van der Waals surface area contributed by atoms with E-state index in [0.29, 0.717) is 0 Å². The van der Waals surface area contributed by atoms with E-state index < -0.39 is 0 Å². The Bertz CT molecular complexity index is 418. The van der Waals surface area contributed by atoms with Crippen molar-refractivity contribution < 1.29 is 0 Å². The molecule has 0 aliphatic heterocycles. The van der Waals surface area contributed by atoms with Crippen LogP contribution >= 0.6 is 0 Å². The van der Waals surface area contributed by atoms with Crippen molar-refractivity contribution in [3.8, 4) is 0 Å². The van der Waals surface area contributed by atoms with Crippen LogP contribution in [0.5, 0.6) is 0 Å². The monoisotopic (exact) mass is 238 g/mol. The zero-order valence-electron chi connectivity index (χ0n) is 12.1. The third-order valence-electron chi connectivity index (χ3n) is 3.03. The Morgan fingerprint density at radius 2 is 1.88 bits per heavy atom. The maximum atomic E-state index is 12.4. The van der Waals surface area contributed by atoms with Crippen LogP contribution in [-0.2, 0) is 12.0 Å². The van der Waals surface area contributed by atoms with Gasteiger partial charge in [-0.1, -0.05) is 27.2 Å². The van der Waals surface area contributed by atoms with Gasteiger partial charge >= 0.3 is 0 Å². The molecule has 0 amide bonds. The molecule has 1 N–H and O–H groups in total. The van der Waals surface area contributed by atoms with Gasteiger partial charge in [-0.05, 0) is 39.5 Å². The van der Waals surface area contributed by atoms with E-state index in [-0.39, 0.29) is 17.0 Å². The lowest BCUT2D eigenvalue weighted by Crippen LogP contribution is -2.33. The molecule has 1 aromatic heterocycles. The van der Waals surface area contributed by atoms with Crippen molar-refractivity contribution >= 4 is 0 Å². The molecule has 1 heterocycles. The molecule has 1 aromatic rings. The molecule has 0 aliphatic carbocycles. The highest BCUT2D eigenvalue weighted by molar-refractivity contribution is 5.22. The zero-order valence-corrected chi connectivity index (χ0v) is 12.1. The molecule has 3 heteroatoms. The normalized spacial score (nSPS) is 12.4. The minimum absolute atomic E-state index is 0.151. The van der Waals surface area contributed by atoms with Crippen LogP contribution in [0.15, 0.2) is 4.79 Å². The van der Waals surface area contributed by atoms with Crippen LogP contribution in [0.4, 0.5) is 0 Å². The van der Waals surface area contributed by atoms with E-state index in [2.05, 4.69) is 46.6 Å². The van der Waals surface area contributed by atoms with Gasteiger partial charge in [-0.25, -0.2) is 4.68 Å². The van der Waals surface area contributed by atoms with Crippen LogP contribution in [-0.4, -0.2) is 9.78 Å². The molecule has 0 saturated carbocycles. The van der Waals surface area contributed by atoms with Crippen molar-refractivity contribution in [2.75, 3.05) is 0 Å². The predicted octanol–water partition coefficient (Wildman–Crippen LogP) is 3.40. The summed E-state index contributed by atoms with van der Waals surface area (Å²) in [6.45, 7) is 12.5. The number of unbranched alkanes of at least 4 members (excludes halogenated alkanes) is 1. The number of aromatic nitrogens is 2. The van der Waals surface area contributed by atoms with E-state index in [1.807, 2.05) is 0 Å². The predicted molar refractivity (Wildman–Crippen MR) is 72.7 cm³/mol. The Morgan fingerprint density at radius 1 is 1.29 bits per heavy atom. The summed E-state index contributed by atoms with van der Waals surface area (Å²) < 4.78 is 1.77. The number of rotatable bonds is 4. The van der Waals surface area contributed by atoms with Crippen molar-refractivity contribution in [2.45, 2.75) is 72.3 Å². The molecule has 0 aliphatic rings. The lowest BCUT2D eigenvalue weighted by molar-refractivity contribution is 0.343. The summed E-state index contributed by atoms with van der Waals surface area (Å²) in [6, 6.07) is 0. The summed E-state index contributed by atoms with van der Waals surface area (Å²) in [5.74, 6) is 0.286.